The van der Waals surface area contributed by atoms with Crippen LogP contribution in [0.5, 0.6) is 17.2 Å². The summed E-state index contributed by atoms with van der Waals surface area (Å²) in [6, 6.07) is 12.8. The van der Waals surface area contributed by atoms with Crippen molar-refractivity contribution in [2.75, 3.05) is 13.2 Å². The van der Waals surface area contributed by atoms with Gasteiger partial charge in [0.1, 0.15) is 31.0 Å². The lowest BCUT2D eigenvalue weighted by Gasteiger charge is -2.37. The lowest BCUT2D eigenvalue weighted by molar-refractivity contribution is -0.151. The number of allylic oxidation sites excluding steroid dienone is 2. The van der Waals surface area contributed by atoms with Crippen molar-refractivity contribution < 1.29 is 28.9 Å². The van der Waals surface area contributed by atoms with E-state index in [0.29, 0.717) is 43.8 Å². The smallest absolute Gasteiger partial charge is 0.315 e. The molecule has 2 aromatic rings. The Morgan fingerprint density at radius 3 is 2.58 bits per heavy atom. The van der Waals surface area contributed by atoms with Gasteiger partial charge in [0.05, 0.1) is 0 Å². The molecule has 2 aliphatic heterocycles. The van der Waals surface area contributed by atoms with Crippen LogP contribution >= 0.6 is 0 Å². The third-order valence-electron chi connectivity index (χ3n) is 8.23. The fraction of sp³-hybridized carbons (Fsp3) is 0.452. The van der Waals surface area contributed by atoms with Crippen molar-refractivity contribution in [2.24, 2.45) is 10.9 Å². The van der Waals surface area contributed by atoms with Crippen LogP contribution in [0.4, 0.5) is 0 Å². The maximum absolute atomic E-state index is 13.9. The number of aromatic hydroxyl groups is 1. The average Bonchev–Trinajstić information content (AvgIpc) is 3.44. The van der Waals surface area contributed by atoms with Gasteiger partial charge in [0, 0.05) is 29.3 Å². The largest absolute Gasteiger partial charge is 0.508 e. The number of phenolic OH excluding ortho intramolecular Hbond substituents is 1. The lowest BCUT2D eigenvalue weighted by atomic mass is 9.68. The molecule has 1 fully saturated rings. The molecular formula is C31H33NO6. The minimum Gasteiger partial charge on any atom is -0.508 e. The summed E-state index contributed by atoms with van der Waals surface area (Å²) in [6.45, 7) is 3.02. The number of ether oxygens (including phenoxy) is 3. The second kappa shape index (κ2) is 10.3. The van der Waals surface area contributed by atoms with E-state index in [2.05, 4.69) is 0 Å². The van der Waals surface area contributed by atoms with E-state index in [0.717, 1.165) is 54.0 Å². The number of rotatable bonds is 5. The number of carbonyl (C=O) groups excluding carboxylic acids is 2. The van der Waals surface area contributed by atoms with Gasteiger partial charge >= 0.3 is 5.97 Å². The maximum atomic E-state index is 13.9. The molecule has 2 heterocycles. The Labute approximate surface area is 222 Å². The topological polar surface area (TPSA) is 94.4 Å². The molecule has 7 nitrogen and oxygen atoms in total. The van der Waals surface area contributed by atoms with Gasteiger partial charge in [-0.1, -0.05) is 25.1 Å². The van der Waals surface area contributed by atoms with Crippen molar-refractivity contribution in [1.29, 1.82) is 0 Å². The average molecular weight is 516 g/mol. The van der Waals surface area contributed by atoms with Crippen molar-refractivity contribution in [3.05, 3.63) is 64.9 Å². The molecule has 7 heteroatoms. The maximum Gasteiger partial charge on any atom is 0.315 e. The van der Waals surface area contributed by atoms with Crippen LogP contribution in [0, 0.1) is 5.92 Å². The van der Waals surface area contributed by atoms with Crippen LogP contribution in [0.1, 0.15) is 74.8 Å². The van der Waals surface area contributed by atoms with Crippen molar-refractivity contribution in [2.45, 2.75) is 69.8 Å². The predicted octanol–water partition coefficient (Wildman–Crippen LogP) is 5.61. The third-order valence-corrected chi connectivity index (χ3v) is 8.23. The number of aliphatic imine (C=N–C) groups is 1. The molecule has 38 heavy (non-hydrogen) atoms. The van der Waals surface area contributed by atoms with Crippen LogP contribution in [0.3, 0.4) is 0 Å². The number of hydrogen-bond acceptors (Lipinski definition) is 7. The van der Waals surface area contributed by atoms with Gasteiger partial charge < -0.3 is 19.3 Å². The van der Waals surface area contributed by atoms with Gasteiger partial charge in [-0.25, -0.2) is 0 Å². The number of hydrogen-bond donors (Lipinski definition) is 1. The highest BCUT2D eigenvalue weighted by atomic mass is 16.6. The van der Waals surface area contributed by atoms with Gasteiger partial charge in [0.25, 0.3) is 0 Å². The molecule has 6 rings (SSSR count). The molecule has 0 spiro atoms. The summed E-state index contributed by atoms with van der Waals surface area (Å²) in [5.41, 5.74) is 3.79. The Morgan fingerprint density at radius 2 is 1.82 bits per heavy atom. The first kappa shape index (κ1) is 24.7. The van der Waals surface area contributed by atoms with Crippen LogP contribution in [0.25, 0.3) is 0 Å². The first-order valence-corrected chi connectivity index (χ1v) is 13.7. The summed E-state index contributed by atoms with van der Waals surface area (Å²) in [6.07, 6.45) is 5.25. The molecule has 0 aromatic heterocycles. The summed E-state index contributed by atoms with van der Waals surface area (Å²) in [4.78, 5) is 32.5. The Morgan fingerprint density at radius 1 is 1.03 bits per heavy atom. The van der Waals surface area contributed by atoms with Gasteiger partial charge in [0.2, 0.25) is 0 Å². The van der Waals surface area contributed by atoms with Gasteiger partial charge in [-0.3, -0.25) is 14.6 Å². The van der Waals surface area contributed by atoms with E-state index >= 15 is 0 Å². The summed E-state index contributed by atoms with van der Waals surface area (Å²) < 4.78 is 17.4. The van der Waals surface area contributed by atoms with Gasteiger partial charge in [-0.15, -0.1) is 0 Å². The second-order valence-corrected chi connectivity index (χ2v) is 10.6. The zero-order valence-electron chi connectivity index (χ0n) is 21.7. The molecule has 1 N–H and O–H groups in total. The molecule has 2 aliphatic carbocycles. The van der Waals surface area contributed by atoms with Crippen molar-refractivity contribution >= 4 is 17.5 Å². The normalized spacial score (nSPS) is 25.1. The van der Waals surface area contributed by atoms with E-state index < -0.39 is 11.8 Å². The number of esters is 1. The molecule has 0 amide bonds. The molecule has 3 unspecified atom stereocenters. The minimum atomic E-state index is -0.684. The number of phenols is 1. The fourth-order valence-corrected chi connectivity index (χ4v) is 6.41. The van der Waals surface area contributed by atoms with Crippen LogP contribution in [-0.2, 0) is 14.3 Å². The summed E-state index contributed by atoms with van der Waals surface area (Å²) in [5, 5.41) is 10.3. The molecule has 3 atom stereocenters. The van der Waals surface area contributed by atoms with Crippen molar-refractivity contribution in [1.82, 2.24) is 0 Å². The Balaban J connectivity index is 1.39. The summed E-state index contributed by atoms with van der Waals surface area (Å²) in [5.74, 6) is -0.0797. The van der Waals surface area contributed by atoms with Gasteiger partial charge in [-0.2, -0.15) is 0 Å². The van der Waals surface area contributed by atoms with Gasteiger partial charge in [0.15, 0.2) is 17.3 Å². The third kappa shape index (κ3) is 4.59. The number of carbonyl (C=O) groups is 2. The molecule has 4 aliphatic rings. The summed E-state index contributed by atoms with van der Waals surface area (Å²) >= 11 is 0. The Kier molecular flexibility index (Phi) is 6.68. The predicted molar refractivity (Wildman–Crippen MR) is 142 cm³/mol. The van der Waals surface area contributed by atoms with E-state index in [9.17, 15) is 14.7 Å². The quantitative estimate of drug-likeness (QED) is 0.520. The van der Waals surface area contributed by atoms with Crippen LogP contribution < -0.4 is 9.47 Å². The number of nitrogens with zero attached hydrogens (tertiary/aromatic N) is 1. The highest BCUT2D eigenvalue weighted by molar-refractivity contribution is 6.09. The van der Waals surface area contributed by atoms with E-state index in [4.69, 9.17) is 19.2 Å². The molecule has 2 aromatic carbocycles. The molecule has 0 saturated heterocycles. The number of ketones is 1. The minimum absolute atomic E-state index is 0.0166. The van der Waals surface area contributed by atoms with Gasteiger partial charge in [-0.05, 0) is 79.8 Å². The van der Waals surface area contributed by atoms with E-state index in [1.54, 1.807) is 18.2 Å². The first-order chi connectivity index (χ1) is 18.5. The lowest BCUT2D eigenvalue weighted by Crippen LogP contribution is -2.39. The first-order valence-electron chi connectivity index (χ1n) is 13.7. The zero-order chi connectivity index (χ0) is 26.2. The molecule has 198 valence electrons. The molecule has 0 bridgehead atoms. The summed E-state index contributed by atoms with van der Waals surface area (Å²) in [7, 11) is 0. The fourth-order valence-electron chi connectivity index (χ4n) is 6.41. The van der Waals surface area contributed by atoms with Crippen LogP contribution in [-0.4, -0.2) is 41.9 Å². The Bertz CT molecular complexity index is 1320. The highest BCUT2D eigenvalue weighted by Gasteiger charge is 2.46. The molecular weight excluding hydrogens is 482 g/mol. The molecule has 1 saturated carbocycles. The monoisotopic (exact) mass is 515 g/mol. The second-order valence-electron chi connectivity index (χ2n) is 10.6. The van der Waals surface area contributed by atoms with Crippen LogP contribution in [0.15, 0.2) is 58.7 Å². The standard InChI is InChI=1S/C31H33NO6/c1-2-23-30(31(35)38-22-8-3-4-9-22)28(19-6-5-7-21(33)14-19)29-24(32-23)15-20(16-25(29)34)18-10-11-26-27(17-18)37-13-12-36-26/h5-7,10-11,14,17,20,22,28,30,33H,2-4,8-9,12-13,15-16H2,1H3. The molecule has 0 radical (unpaired) electrons. The Hall–Kier alpha value is -3.61. The number of Topliss-reactive ketones (excluding diaryl/α,β-unsaturated/α-hetero) is 1. The SMILES string of the molecule is CCC1=NC2=C(C(=O)CC(c3ccc4c(c3)OCCO4)C2)C(c2cccc(O)c2)C1C(=O)OC1CCCC1. The van der Waals surface area contributed by atoms with E-state index in [-0.39, 0.29) is 29.5 Å². The van der Waals surface area contributed by atoms with Crippen LogP contribution in [0.2, 0.25) is 0 Å². The number of benzene rings is 2. The highest BCUT2D eigenvalue weighted by Crippen LogP contribution is 2.48. The zero-order valence-corrected chi connectivity index (χ0v) is 21.7. The van der Waals surface area contributed by atoms with E-state index in [1.807, 2.05) is 31.2 Å². The van der Waals surface area contributed by atoms with Crippen molar-refractivity contribution in [3.8, 4) is 17.2 Å². The van der Waals surface area contributed by atoms with Crippen molar-refractivity contribution in [3.63, 3.8) is 0 Å². The number of fused-ring (bicyclic) bond motifs is 1. The van der Waals surface area contributed by atoms with E-state index in [1.165, 1.54) is 0 Å².